The molecule has 0 amide bonds. The zero-order valence-corrected chi connectivity index (χ0v) is 38.1. The Morgan fingerprint density at radius 3 is 1.35 bits per heavy atom. The molecule has 9 aromatic rings. The predicted octanol–water partition coefficient (Wildman–Crippen LogP) is 15.5. The van der Waals surface area contributed by atoms with E-state index in [0.717, 1.165) is 65.2 Å². The minimum atomic E-state index is 0.0388. The van der Waals surface area contributed by atoms with Crippen molar-refractivity contribution in [2.45, 2.75) is 39.5 Å². The van der Waals surface area contributed by atoms with Crippen LogP contribution in [0.2, 0.25) is 0 Å². The van der Waals surface area contributed by atoms with E-state index in [0.29, 0.717) is 0 Å². The molecule has 0 atom stereocenters. The van der Waals surface area contributed by atoms with Gasteiger partial charge in [0, 0.05) is 73.2 Å². The van der Waals surface area contributed by atoms with Gasteiger partial charge in [-0.05, 0) is 83.3 Å². The lowest BCUT2D eigenvalue weighted by atomic mass is 10.0. The predicted molar refractivity (Wildman–Crippen MR) is 257 cm³/mol. The van der Waals surface area contributed by atoms with Gasteiger partial charge in [-0.3, -0.25) is 0 Å². The molecule has 0 N–H and O–H groups in total. The van der Waals surface area contributed by atoms with Crippen molar-refractivity contribution in [3.8, 4) is 71.2 Å². The molecule has 1 aromatic carbocycles. The van der Waals surface area contributed by atoms with Crippen LogP contribution >= 0.6 is 90.7 Å². The second-order valence-corrected chi connectivity index (χ2v) is 21.7. The number of hydrogen-bond donors (Lipinski definition) is 0. The monoisotopic (exact) mass is 922 g/mol. The number of hydrogen-bond acceptors (Lipinski definition) is 14. The van der Waals surface area contributed by atoms with Crippen LogP contribution in [-0.4, -0.2) is 19.9 Å². The number of rotatable bonds is 12. The van der Waals surface area contributed by atoms with Crippen molar-refractivity contribution < 1.29 is 0 Å². The van der Waals surface area contributed by atoms with Crippen molar-refractivity contribution in [2.75, 3.05) is 0 Å². The highest BCUT2D eigenvalue weighted by atomic mass is 32.1. The molecule has 60 heavy (non-hydrogen) atoms. The summed E-state index contributed by atoms with van der Waals surface area (Å²) < 4.78 is 2.65. The van der Waals surface area contributed by atoms with Crippen LogP contribution in [0.15, 0.2) is 72.6 Å². The SMILES string of the molecule is [C-]#[N+]/C(C#N)=C\c1cnc(-c2ncc(-c3ccc(-c4sc5cc6c(CCC)c(-c7ccc(-c8cnc(-c9ncc(/C=C(\C#N)[N+]#[C-])s9)s8)s7)sc6cc5c4CCC)s3)s2)s1. The smallest absolute Gasteiger partial charge is 0.241 e. The number of thiazole rings is 4. The Morgan fingerprint density at radius 1 is 0.550 bits per heavy atom. The second kappa shape index (κ2) is 17.2. The molecule has 0 radical (unpaired) electrons. The van der Waals surface area contributed by atoms with Crippen molar-refractivity contribution in [3.63, 3.8) is 0 Å². The zero-order valence-electron chi connectivity index (χ0n) is 31.6. The van der Waals surface area contributed by atoms with Gasteiger partial charge in [0.15, 0.2) is 20.0 Å². The standard InChI is InChI=1S/C44H26N8S8/c1-5-7-27-29-15-36-30(16-35(29)57-39(27)33-11-9-31(55-33)37-21-51-43(59-37)41-49-19-25(53-41)13-23(17-45)47-3)28(8-6-2)40(58-36)34-12-10-32(56-34)38-22-52-44(60-38)42-50-20-26(54-42)14-24(18-46)48-4/h9-16,19-22H,5-8H2,1-2H3/b23-13-,24-14+. The van der Waals surface area contributed by atoms with Crippen LogP contribution < -0.4 is 0 Å². The van der Waals surface area contributed by atoms with Crippen LogP contribution in [0.25, 0.3) is 101 Å². The van der Waals surface area contributed by atoms with Crippen molar-refractivity contribution in [1.82, 2.24) is 19.9 Å². The van der Waals surface area contributed by atoms with Gasteiger partial charge in [0.05, 0.1) is 35.0 Å². The van der Waals surface area contributed by atoms with Gasteiger partial charge in [0.25, 0.3) is 11.4 Å². The van der Waals surface area contributed by atoms with Crippen LogP contribution in [0.1, 0.15) is 47.6 Å². The Kier molecular flexibility index (Phi) is 11.5. The molecule has 8 nitrogen and oxygen atoms in total. The van der Waals surface area contributed by atoms with Gasteiger partial charge in [0.2, 0.25) is 0 Å². The second-order valence-electron chi connectivity index (χ2n) is 13.2. The molecule has 0 unspecified atom stereocenters. The number of nitriles is 2. The average Bonchev–Trinajstić information content (AvgIpc) is 4.11. The molecule has 8 aromatic heterocycles. The van der Waals surface area contributed by atoms with Gasteiger partial charge >= 0.3 is 0 Å². The van der Waals surface area contributed by atoms with Gasteiger partial charge in [-0.1, -0.05) is 26.7 Å². The summed E-state index contributed by atoms with van der Waals surface area (Å²) in [6.07, 6.45) is 14.5. The fraction of sp³-hybridized carbons (Fsp3) is 0.136. The highest BCUT2D eigenvalue weighted by Gasteiger charge is 2.22. The summed E-state index contributed by atoms with van der Waals surface area (Å²) in [5, 5.41) is 24.2. The normalized spacial score (nSPS) is 11.9. The maximum atomic E-state index is 9.14. The van der Waals surface area contributed by atoms with Crippen molar-refractivity contribution in [3.05, 3.63) is 116 Å². The molecule has 290 valence electrons. The van der Waals surface area contributed by atoms with Gasteiger partial charge in [0.1, 0.15) is 0 Å². The Morgan fingerprint density at radius 2 is 0.950 bits per heavy atom. The molecular weight excluding hydrogens is 897 g/mol. The third-order valence-corrected chi connectivity index (χ3v) is 18.8. The minimum Gasteiger partial charge on any atom is -0.241 e. The summed E-state index contributed by atoms with van der Waals surface area (Å²) in [4.78, 5) is 36.2. The molecule has 0 aliphatic rings. The zero-order chi connectivity index (χ0) is 41.3. The molecule has 0 saturated carbocycles. The van der Waals surface area contributed by atoms with Crippen molar-refractivity contribution in [1.29, 1.82) is 10.5 Å². The minimum absolute atomic E-state index is 0.0388. The van der Waals surface area contributed by atoms with E-state index in [1.165, 1.54) is 83.2 Å². The summed E-state index contributed by atoms with van der Waals surface area (Å²) in [7, 11) is 0. The number of aryl methyl sites for hydroxylation is 2. The van der Waals surface area contributed by atoms with Crippen LogP contribution in [0, 0.1) is 35.8 Å². The molecule has 9 rings (SSSR count). The molecule has 0 aliphatic heterocycles. The maximum absolute atomic E-state index is 9.14. The first-order valence-corrected chi connectivity index (χ1v) is 25.0. The molecule has 8 heterocycles. The van der Waals surface area contributed by atoms with Crippen LogP contribution in [0.4, 0.5) is 0 Å². The number of nitrogens with zero attached hydrogens (tertiary/aromatic N) is 8. The quantitative estimate of drug-likeness (QED) is 0.0892. The Balaban J connectivity index is 1.01. The van der Waals surface area contributed by atoms with Crippen LogP contribution in [-0.2, 0) is 12.8 Å². The van der Waals surface area contributed by atoms with E-state index in [9.17, 15) is 0 Å². The summed E-state index contributed by atoms with van der Waals surface area (Å²) >= 11 is 13.5. The van der Waals surface area contributed by atoms with E-state index in [2.05, 4.69) is 79.9 Å². The van der Waals surface area contributed by atoms with Crippen molar-refractivity contribution in [2.24, 2.45) is 0 Å². The number of allylic oxidation sites excluding steroid dienone is 2. The highest BCUT2D eigenvalue weighted by molar-refractivity contribution is 7.31. The van der Waals surface area contributed by atoms with Crippen LogP contribution in [0.5, 0.6) is 0 Å². The summed E-state index contributed by atoms with van der Waals surface area (Å²) in [6, 6.07) is 17.6. The van der Waals surface area contributed by atoms with Gasteiger partial charge in [-0.15, -0.1) is 90.7 Å². The fourth-order valence-corrected chi connectivity index (χ4v) is 15.3. The lowest BCUT2D eigenvalue weighted by molar-refractivity contribution is 0.934. The van der Waals surface area contributed by atoms with Gasteiger partial charge in [-0.25, -0.2) is 40.1 Å². The number of aromatic nitrogens is 4. The van der Waals surface area contributed by atoms with Gasteiger partial charge in [-0.2, -0.15) is 0 Å². The molecule has 0 fully saturated rings. The van der Waals surface area contributed by atoms with E-state index in [1.807, 2.05) is 47.2 Å². The summed E-state index contributed by atoms with van der Waals surface area (Å²) in [6.45, 7) is 18.8. The fourth-order valence-electron chi connectivity index (χ4n) is 6.69. The topological polar surface area (TPSA) is 108 Å². The first-order chi connectivity index (χ1) is 29.4. The lowest BCUT2D eigenvalue weighted by Crippen LogP contribution is -1.85. The van der Waals surface area contributed by atoms with Crippen molar-refractivity contribution >= 4 is 123 Å². The third kappa shape index (κ3) is 7.70. The summed E-state index contributed by atoms with van der Waals surface area (Å²) in [5.74, 6) is 0. The molecule has 16 heteroatoms. The number of fused-ring (bicyclic) bond motifs is 2. The number of thiophene rings is 4. The molecule has 0 saturated heterocycles. The first-order valence-electron chi connectivity index (χ1n) is 18.4. The molecule has 0 spiro atoms. The van der Waals surface area contributed by atoms with E-state index in [1.54, 1.807) is 69.9 Å². The van der Waals surface area contributed by atoms with E-state index in [-0.39, 0.29) is 11.4 Å². The summed E-state index contributed by atoms with van der Waals surface area (Å²) in [5.41, 5.74) is 2.92. The highest BCUT2D eigenvalue weighted by Crippen LogP contribution is 2.50. The number of benzene rings is 1. The Labute approximate surface area is 377 Å². The third-order valence-electron chi connectivity index (χ3n) is 9.30. The lowest BCUT2D eigenvalue weighted by Gasteiger charge is -2.03. The molecule has 0 bridgehead atoms. The first kappa shape index (κ1) is 39.9. The largest absolute Gasteiger partial charge is 0.263 e. The molecule has 0 aliphatic carbocycles. The van der Waals surface area contributed by atoms with E-state index >= 15 is 0 Å². The van der Waals surface area contributed by atoms with E-state index in [4.69, 9.17) is 23.7 Å². The van der Waals surface area contributed by atoms with Crippen LogP contribution in [0.3, 0.4) is 0 Å². The molecular formula is C44H26N8S8. The maximum Gasteiger partial charge on any atom is 0.263 e. The Hall–Kier alpha value is -5.50. The van der Waals surface area contributed by atoms with Gasteiger partial charge < -0.3 is 0 Å². The van der Waals surface area contributed by atoms with E-state index < -0.39 is 0 Å². The average molecular weight is 923 g/mol. The Bertz CT molecular complexity index is 3070.